The van der Waals surface area contributed by atoms with E-state index in [2.05, 4.69) is 4.94 Å². The highest BCUT2D eigenvalue weighted by Gasteiger charge is 2.23. The van der Waals surface area contributed by atoms with Gasteiger partial charge in [0.15, 0.2) is 5.75 Å². The number of rotatable bonds is 4. The van der Waals surface area contributed by atoms with Gasteiger partial charge in [-0.05, 0) is 24.3 Å². The van der Waals surface area contributed by atoms with Crippen LogP contribution in [0.1, 0.15) is 10.4 Å². The van der Waals surface area contributed by atoms with Crippen LogP contribution in [-0.2, 0) is 9.59 Å². The van der Waals surface area contributed by atoms with Gasteiger partial charge >= 0.3 is 11.8 Å². The third kappa shape index (κ3) is 2.37. The second-order valence-electron chi connectivity index (χ2n) is 2.56. The van der Waals surface area contributed by atoms with Crippen molar-refractivity contribution >= 4 is 17.5 Å². The van der Waals surface area contributed by atoms with Gasteiger partial charge in [0.1, 0.15) is 0 Å². The maximum absolute atomic E-state index is 11.6. The van der Waals surface area contributed by atoms with Crippen molar-refractivity contribution in [1.29, 1.82) is 0 Å². The number of ketones is 2. The maximum atomic E-state index is 11.6. The molecule has 1 aromatic rings. The Balaban J connectivity index is 2.92. The summed E-state index contributed by atoms with van der Waals surface area (Å²) in [7, 11) is 0. The number of hydrogen-bond acceptors (Lipinski definition) is 4. The summed E-state index contributed by atoms with van der Waals surface area (Å²) >= 11 is 0. The van der Waals surface area contributed by atoms with Gasteiger partial charge in [-0.3, -0.25) is 14.5 Å². The Morgan fingerprint density at radius 3 is 2.07 bits per heavy atom. The van der Waals surface area contributed by atoms with E-state index in [1.807, 2.05) is 0 Å². The van der Waals surface area contributed by atoms with Gasteiger partial charge in [0.2, 0.25) is 5.78 Å². The predicted molar refractivity (Wildman–Crippen MR) is 45.2 cm³/mol. The van der Waals surface area contributed by atoms with Crippen LogP contribution in [0.25, 0.3) is 0 Å². The summed E-state index contributed by atoms with van der Waals surface area (Å²) in [5, 5.41) is 8.26. The molecular formula is C9H5FO5. The molecule has 0 unspecified atom stereocenters. The lowest BCUT2D eigenvalue weighted by molar-refractivity contribution is -0.146. The molecule has 78 valence electrons. The van der Waals surface area contributed by atoms with Gasteiger partial charge in [-0.25, -0.2) is 4.79 Å². The smallest absolute Gasteiger partial charge is 0.380 e. The van der Waals surface area contributed by atoms with Gasteiger partial charge < -0.3 is 5.11 Å². The number of carbonyl (C=O) groups is 3. The Morgan fingerprint density at radius 2 is 1.67 bits per heavy atom. The highest BCUT2D eigenvalue weighted by Crippen LogP contribution is 2.12. The number of aliphatic carboxylic acids is 1. The van der Waals surface area contributed by atoms with Crippen molar-refractivity contribution in [2.45, 2.75) is 0 Å². The Kier molecular flexibility index (Phi) is 3.12. The third-order valence-electron chi connectivity index (χ3n) is 1.61. The van der Waals surface area contributed by atoms with Gasteiger partial charge in [-0.2, -0.15) is 0 Å². The van der Waals surface area contributed by atoms with Crippen LogP contribution in [0.4, 0.5) is 4.53 Å². The molecule has 1 N–H and O–H groups in total. The maximum Gasteiger partial charge on any atom is 0.380 e. The summed E-state index contributed by atoms with van der Waals surface area (Å²) in [5.74, 6) is -4.67. The minimum Gasteiger partial charge on any atom is -0.475 e. The predicted octanol–water partition coefficient (Wildman–Crippen LogP) is 0.786. The van der Waals surface area contributed by atoms with Crippen LogP contribution in [0.15, 0.2) is 24.3 Å². The molecule has 1 rings (SSSR count). The SMILES string of the molecule is O=C(O)C(=O)C(=O)c1ccc(OF)cc1. The van der Waals surface area contributed by atoms with Gasteiger partial charge in [0.05, 0.1) is 0 Å². The molecule has 0 spiro atoms. The third-order valence-corrected chi connectivity index (χ3v) is 1.61. The van der Waals surface area contributed by atoms with Crippen LogP contribution in [0.5, 0.6) is 5.75 Å². The Bertz CT molecular complexity index is 409. The molecule has 0 saturated carbocycles. The van der Waals surface area contributed by atoms with E-state index in [4.69, 9.17) is 5.11 Å². The number of Topliss-reactive ketones (excluding diaryl/α,β-unsaturated/α-hetero) is 2. The van der Waals surface area contributed by atoms with E-state index in [1.165, 1.54) is 0 Å². The van der Waals surface area contributed by atoms with Crippen LogP contribution in [-0.4, -0.2) is 22.6 Å². The number of carboxylic acids is 1. The Hall–Kier alpha value is -2.24. The van der Waals surface area contributed by atoms with E-state index in [0.717, 1.165) is 24.3 Å². The molecule has 0 aliphatic heterocycles. The topological polar surface area (TPSA) is 80.7 Å². The first-order chi connectivity index (χ1) is 7.06. The van der Waals surface area contributed by atoms with Crippen LogP contribution in [0.2, 0.25) is 0 Å². The summed E-state index contributed by atoms with van der Waals surface area (Å²) in [6, 6.07) is 4.39. The molecule has 0 heterocycles. The lowest BCUT2D eigenvalue weighted by atomic mass is 10.1. The minimum atomic E-state index is -1.83. The normalized spacial score (nSPS) is 9.40. The molecule has 0 saturated heterocycles. The van der Waals surface area contributed by atoms with E-state index in [0.29, 0.717) is 0 Å². The van der Waals surface area contributed by atoms with Crippen LogP contribution in [0.3, 0.4) is 0 Å². The second-order valence-corrected chi connectivity index (χ2v) is 2.56. The zero-order chi connectivity index (χ0) is 11.4. The second kappa shape index (κ2) is 4.32. The van der Waals surface area contributed by atoms with Crippen molar-refractivity contribution in [3.8, 4) is 5.75 Å². The molecule has 0 aromatic heterocycles. The minimum absolute atomic E-state index is 0.136. The zero-order valence-corrected chi connectivity index (χ0v) is 7.27. The quantitative estimate of drug-likeness (QED) is 0.453. The highest BCUT2D eigenvalue weighted by molar-refractivity contribution is 6.65. The van der Waals surface area contributed by atoms with E-state index in [-0.39, 0.29) is 11.3 Å². The van der Waals surface area contributed by atoms with E-state index in [9.17, 15) is 18.9 Å². The largest absolute Gasteiger partial charge is 0.475 e. The summed E-state index contributed by atoms with van der Waals surface area (Å²) in [4.78, 5) is 35.4. The average Bonchev–Trinajstić information content (AvgIpc) is 2.27. The number of halogens is 1. The van der Waals surface area contributed by atoms with Crippen molar-refractivity contribution in [1.82, 2.24) is 0 Å². The Labute approximate surface area is 83.0 Å². The Morgan fingerprint density at radius 1 is 1.13 bits per heavy atom. The molecule has 1 aromatic carbocycles. The highest BCUT2D eigenvalue weighted by atomic mass is 19.3. The fourth-order valence-electron chi connectivity index (χ4n) is 0.886. The number of hydrogen-bond donors (Lipinski definition) is 1. The molecule has 0 atom stereocenters. The van der Waals surface area contributed by atoms with E-state index < -0.39 is 17.5 Å². The van der Waals surface area contributed by atoms with Crippen LogP contribution in [0, 0.1) is 0 Å². The lowest BCUT2D eigenvalue weighted by Gasteiger charge is -1.97. The standard InChI is InChI=1S/C9H5FO5/c10-15-6-3-1-5(2-4-6)7(11)8(12)9(13)14/h1-4H,(H,13,14). The molecule has 6 heteroatoms. The number of carbonyl (C=O) groups excluding carboxylic acids is 2. The van der Waals surface area contributed by atoms with Gasteiger partial charge in [-0.15, -0.1) is 0 Å². The molecule has 0 bridgehead atoms. The molecular weight excluding hydrogens is 207 g/mol. The first-order valence-corrected chi connectivity index (χ1v) is 3.77. The van der Waals surface area contributed by atoms with Crippen LogP contribution >= 0.6 is 0 Å². The molecule has 0 amide bonds. The molecule has 0 aliphatic rings. The summed E-state index contributed by atoms with van der Waals surface area (Å²) < 4.78 is 11.6. The molecule has 5 nitrogen and oxygen atoms in total. The van der Waals surface area contributed by atoms with E-state index in [1.54, 1.807) is 0 Å². The number of carboxylic acid groups (broad SMARTS) is 1. The van der Waals surface area contributed by atoms with Crippen molar-refractivity contribution in [2.75, 3.05) is 0 Å². The molecule has 15 heavy (non-hydrogen) atoms. The van der Waals surface area contributed by atoms with E-state index >= 15 is 0 Å². The average molecular weight is 212 g/mol. The van der Waals surface area contributed by atoms with Crippen molar-refractivity contribution < 1.29 is 29.0 Å². The molecule has 0 aliphatic carbocycles. The number of benzene rings is 1. The van der Waals surface area contributed by atoms with Crippen molar-refractivity contribution in [3.63, 3.8) is 0 Å². The van der Waals surface area contributed by atoms with Crippen LogP contribution < -0.4 is 4.94 Å². The molecule has 0 fully saturated rings. The zero-order valence-electron chi connectivity index (χ0n) is 7.27. The van der Waals surface area contributed by atoms with Gasteiger partial charge in [0.25, 0.3) is 0 Å². The fraction of sp³-hybridized carbons (Fsp3) is 0. The van der Waals surface area contributed by atoms with Gasteiger partial charge in [0, 0.05) is 10.1 Å². The van der Waals surface area contributed by atoms with Gasteiger partial charge in [-0.1, -0.05) is 0 Å². The van der Waals surface area contributed by atoms with Crippen molar-refractivity contribution in [2.24, 2.45) is 0 Å². The molecule has 0 radical (unpaired) electrons. The van der Waals surface area contributed by atoms with Crippen molar-refractivity contribution in [3.05, 3.63) is 29.8 Å². The monoisotopic (exact) mass is 212 g/mol. The lowest BCUT2D eigenvalue weighted by Crippen LogP contribution is -2.23. The first-order valence-electron chi connectivity index (χ1n) is 3.77. The fourth-order valence-corrected chi connectivity index (χ4v) is 0.886. The summed E-state index contributed by atoms with van der Waals surface area (Å²) in [6.07, 6.45) is 0. The summed E-state index contributed by atoms with van der Waals surface area (Å²) in [5.41, 5.74) is -0.136. The first kappa shape index (κ1) is 10.8. The summed E-state index contributed by atoms with van der Waals surface area (Å²) in [6.45, 7) is 0.